The normalized spacial score (nSPS) is 12.1. The lowest BCUT2D eigenvalue weighted by atomic mass is 10.1. The summed E-state index contributed by atoms with van der Waals surface area (Å²) in [5.74, 6) is -1.14. The lowest BCUT2D eigenvalue weighted by Crippen LogP contribution is -2.34. The second kappa shape index (κ2) is 7.71. The van der Waals surface area contributed by atoms with E-state index in [0.717, 1.165) is 10.4 Å². The number of carbonyl (C=O) groups excluding carboxylic acids is 1. The standard InChI is InChI=1S/C19H19N3O4S/c1-10-11(2)27-18-15(10)17(24)20-13(21-18)8-9-14(23)22-16(19(25)26)12-6-4-3-5-7-12/h3-7,16H,8-9H2,1-2H3,(H,22,23)(H,25,26)(H,20,21,24)/t16-/m1/s1. The molecule has 0 saturated carbocycles. The summed E-state index contributed by atoms with van der Waals surface area (Å²) in [4.78, 5) is 44.8. The Hall–Kier alpha value is -3.00. The van der Waals surface area contributed by atoms with Crippen LogP contribution in [0.4, 0.5) is 0 Å². The fourth-order valence-corrected chi connectivity index (χ4v) is 3.86. The molecule has 0 bridgehead atoms. The minimum atomic E-state index is -1.13. The minimum absolute atomic E-state index is 0.0222. The fourth-order valence-electron chi connectivity index (χ4n) is 2.82. The highest BCUT2D eigenvalue weighted by Gasteiger charge is 2.22. The van der Waals surface area contributed by atoms with Gasteiger partial charge in [0.15, 0.2) is 6.04 Å². The van der Waals surface area contributed by atoms with Gasteiger partial charge in [-0.05, 0) is 25.0 Å². The highest BCUT2D eigenvalue weighted by Crippen LogP contribution is 2.25. The molecule has 2 aromatic heterocycles. The molecule has 0 aliphatic carbocycles. The van der Waals surface area contributed by atoms with E-state index in [0.29, 0.717) is 21.6 Å². The SMILES string of the molecule is Cc1sc2nc(CCC(=O)N[C@@H](C(=O)O)c3ccccc3)[nH]c(=O)c2c1C. The Bertz CT molecular complexity index is 1060. The first-order valence-corrected chi connectivity index (χ1v) is 9.24. The summed E-state index contributed by atoms with van der Waals surface area (Å²) in [6.07, 6.45) is 0.239. The van der Waals surface area contributed by atoms with Crippen molar-refractivity contribution in [1.29, 1.82) is 0 Å². The van der Waals surface area contributed by atoms with Gasteiger partial charge in [0.05, 0.1) is 5.39 Å². The van der Waals surface area contributed by atoms with Gasteiger partial charge in [0.25, 0.3) is 5.56 Å². The van der Waals surface area contributed by atoms with Crippen LogP contribution >= 0.6 is 11.3 Å². The molecular weight excluding hydrogens is 366 g/mol. The van der Waals surface area contributed by atoms with Crippen LogP contribution in [0, 0.1) is 13.8 Å². The average molecular weight is 385 g/mol. The van der Waals surface area contributed by atoms with Crippen molar-refractivity contribution < 1.29 is 14.7 Å². The minimum Gasteiger partial charge on any atom is -0.479 e. The van der Waals surface area contributed by atoms with E-state index in [1.807, 2.05) is 13.8 Å². The lowest BCUT2D eigenvalue weighted by molar-refractivity contribution is -0.142. The fraction of sp³-hybridized carbons (Fsp3) is 0.263. The third-order valence-corrected chi connectivity index (χ3v) is 5.46. The quantitative estimate of drug-likeness (QED) is 0.603. The molecule has 8 heteroatoms. The number of nitrogens with zero attached hydrogens (tertiary/aromatic N) is 1. The van der Waals surface area contributed by atoms with Gasteiger partial charge in [-0.1, -0.05) is 30.3 Å². The molecule has 0 unspecified atom stereocenters. The Morgan fingerprint density at radius 1 is 1.26 bits per heavy atom. The van der Waals surface area contributed by atoms with Crippen molar-refractivity contribution in [3.05, 3.63) is 62.5 Å². The zero-order valence-electron chi connectivity index (χ0n) is 14.9. The molecule has 27 heavy (non-hydrogen) atoms. The molecule has 7 nitrogen and oxygen atoms in total. The van der Waals surface area contributed by atoms with Gasteiger partial charge in [0, 0.05) is 17.7 Å². The third kappa shape index (κ3) is 4.06. The van der Waals surface area contributed by atoms with E-state index in [2.05, 4.69) is 15.3 Å². The van der Waals surface area contributed by atoms with Crippen molar-refractivity contribution in [2.45, 2.75) is 32.7 Å². The van der Waals surface area contributed by atoms with Crippen LogP contribution in [0.2, 0.25) is 0 Å². The molecule has 1 amide bonds. The number of carboxylic acid groups (broad SMARTS) is 1. The summed E-state index contributed by atoms with van der Waals surface area (Å²) in [6.45, 7) is 3.82. The van der Waals surface area contributed by atoms with Gasteiger partial charge in [-0.3, -0.25) is 9.59 Å². The number of aromatic nitrogens is 2. The van der Waals surface area contributed by atoms with Crippen molar-refractivity contribution in [3.63, 3.8) is 0 Å². The first-order valence-electron chi connectivity index (χ1n) is 8.43. The Morgan fingerprint density at radius 2 is 1.96 bits per heavy atom. The van der Waals surface area contributed by atoms with E-state index in [1.54, 1.807) is 30.3 Å². The largest absolute Gasteiger partial charge is 0.479 e. The van der Waals surface area contributed by atoms with Gasteiger partial charge in [-0.25, -0.2) is 9.78 Å². The van der Waals surface area contributed by atoms with Crippen molar-refractivity contribution in [1.82, 2.24) is 15.3 Å². The van der Waals surface area contributed by atoms with E-state index < -0.39 is 17.9 Å². The highest BCUT2D eigenvalue weighted by atomic mass is 32.1. The molecule has 2 heterocycles. The molecule has 0 radical (unpaired) electrons. The van der Waals surface area contributed by atoms with Crippen molar-refractivity contribution in [3.8, 4) is 0 Å². The number of aromatic amines is 1. The first kappa shape index (κ1) is 18.8. The number of thiophene rings is 1. The van der Waals surface area contributed by atoms with Crippen LogP contribution in [-0.2, 0) is 16.0 Å². The smallest absolute Gasteiger partial charge is 0.330 e. The summed E-state index contributed by atoms with van der Waals surface area (Å²) in [5.41, 5.74) is 1.20. The highest BCUT2D eigenvalue weighted by molar-refractivity contribution is 7.18. The second-order valence-electron chi connectivity index (χ2n) is 6.23. The number of rotatable bonds is 6. The van der Waals surface area contributed by atoms with E-state index in [-0.39, 0.29) is 18.4 Å². The maximum Gasteiger partial charge on any atom is 0.330 e. The van der Waals surface area contributed by atoms with Crippen molar-refractivity contribution in [2.75, 3.05) is 0 Å². The Labute approximate surface area is 159 Å². The van der Waals surface area contributed by atoms with Crippen molar-refractivity contribution in [2.24, 2.45) is 0 Å². The number of aliphatic carboxylic acids is 1. The number of hydrogen-bond donors (Lipinski definition) is 3. The number of benzene rings is 1. The molecule has 3 N–H and O–H groups in total. The van der Waals surface area contributed by atoms with Crippen LogP contribution in [0.5, 0.6) is 0 Å². The first-order chi connectivity index (χ1) is 12.9. The number of nitrogens with one attached hydrogen (secondary N) is 2. The van der Waals surface area contributed by atoms with Gasteiger partial charge in [0.2, 0.25) is 5.91 Å². The molecule has 1 aromatic carbocycles. The van der Waals surface area contributed by atoms with E-state index in [4.69, 9.17) is 0 Å². The van der Waals surface area contributed by atoms with E-state index >= 15 is 0 Å². The summed E-state index contributed by atoms with van der Waals surface area (Å²) < 4.78 is 0. The van der Waals surface area contributed by atoms with E-state index in [1.165, 1.54) is 11.3 Å². The molecule has 3 aromatic rings. The number of aryl methyl sites for hydroxylation is 3. The number of H-pyrrole nitrogens is 1. The third-order valence-electron chi connectivity index (χ3n) is 4.36. The van der Waals surface area contributed by atoms with Gasteiger partial charge < -0.3 is 15.4 Å². The van der Waals surface area contributed by atoms with Crippen LogP contribution in [0.1, 0.15) is 34.3 Å². The monoisotopic (exact) mass is 385 g/mol. The van der Waals surface area contributed by atoms with Gasteiger partial charge in [0.1, 0.15) is 10.7 Å². The summed E-state index contributed by atoms with van der Waals surface area (Å²) in [5, 5.41) is 12.5. The van der Waals surface area contributed by atoms with Crippen LogP contribution in [0.25, 0.3) is 10.2 Å². The molecule has 140 valence electrons. The molecule has 0 aliphatic heterocycles. The molecule has 3 rings (SSSR count). The summed E-state index contributed by atoms with van der Waals surface area (Å²) >= 11 is 1.44. The predicted octanol–water partition coefficient (Wildman–Crippen LogP) is 2.48. The van der Waals surface area contributed by atoms with Crippen LogP contribution in [0.3, 0.4) is 0 Å². The Morgan fingerprint density at radius 3 is 2.63 bits per heavy atom. The Kier molecular flexibility index (Phi) is 5.36. The van der Waals surface area contributed by atoms with Gasteiger partial charge in [-0.15, -0.1) is 11.3 Å². The number of fused-ring (bicyclic) bond motifs is 1. The van der Waals surface area contributed by atoms with Crippen LogP contribution in [0.15, 0.2) is 35.1 Å². The second-order valence-corrected chi connectivity index (χ2v) is 7.43. The summed E-state index contributed by atoms with van der Waals surface area (Å²) in [6, 6.07) is 7.38. The van der Waals surface area contributed by atoms with E-state index in [9.17, 15) is 19.5 Å². The molecule has 0 fully saturated rings. The Balaban J connectivity index is 1.71. The molecular formula is C19H19N3O4S. The summed E-state index contributed by atoms with van der Waals surface area (Å²) in [7, 11) is 0. The number of amides is 1. The average Bonchev–Trinajstić information content (AvgIpc) is 2.92. The molecule has 1 atom stereocenters. The van der Waals surface area contributed by atoms with Gasteiger partial charge >= 0.3 is 5.97 Å². The zero-order chi connectivity index (χ0) is 19.6. The maximum atomic E-state index is 12.3. The van der Waals surface area contributed by atoms with Crippen LogP contribution in [-0.4, -0.2) is 27.0 Å². The molecule has 0 spiro atoms. The van der Waals surface area contributed by atoms with Crippen LogP contribution < -0.4 is 10.9 Å². The number of carboxylic acids is 1. The van der Waals surface area contributed by atoms with Gasteiger partial charge in [-0.2, -0.15) is 0 Å². The number of carbonyl (C=O) groups is 2. The molecule has 0 saturated heterocycles. The lowest BCUT2D eigenvalue weighted by Gasteiger charge is -2.14. The topological polar surface area (TPSA) is 112 Å². The zero-order valence-corrected chi connectivity index (χ0v) is 15.7. The number of hydrogen-bond acceptors (Lipinski definition) is 5. The maximum absolute atomic E-state index is 12.3. The van der Waals surface area contributed by atoms with Crippen molar-refractivity contribution >= 4 is 33.4 Å². The predicted molar refractivity (Wildman–Crippen MR) is 103 cm³/mol. The molecule has 0 aliphatic rings.